The lowest BCUT2D eigenvalue weighted by Gasteiger charge is -2.08. The van der Waals surface area contributed by atoms with Gasteiger partial charge in [-0.05, 0) is 49.7 Å². The van der Waals surface area contributed by atoms with Crippen LogP contribution >= 0.6 is 11.6 Å². The third kappa shape index (κ3) is 3.81. The Balaban J connectivity index is 1.75. The first-order chi connectivity index (χ1) is 11.5. The summed E-state index contributed by atoms with van der Waals surface area (Å²) in [6, 6.07) is 12.9. The maximum absolute atomic E-state index is 12.4. The van der Waals surface area contributed by atoms with Crippen LogP contribution in [0.3, 0.4) is 0 Å². The Kier molecular flexibility index (Phi) is 4.62. The third-order valence-corrected chi connectivity index (χ3v) is 3.83. The van der Waals surface area contributed by atoms with Gasteiger partial charge in [-0.25, -0.2) is 4.98 Å². The summed E-state index contributed by atoms with van der Waals surface area (Å²) in [5.74, 6) is -0.186. The normalized spacial score (nSPS) is 10.6. The van der Waals surface area contributed by atoms with Gasteiger partial charge in [-0.15, -0.1) is 0 Å². The first-order valence-corrected chi connectivity index (χ1v) is 7.92. The highest BCUT2D eigenvalue weighted by Gasteiger charge is 2.08. The minimum atomic E-state index is -0.186. The van der Waals surface area contributed by atoms with Crippen LogP contribution in [-0.4, -0.2) is 20.7 Å². The van der Waals surface area contributed by atoms with Gasteiger partial charge in [0.1, 0.15) is 5.15 Å². The number of anilines is 1. The lowest BCUT2D eigenvalue weighted by molar-refractivity contribution is 0.102. The summed E-state index contributed by atoms with van der Waals surface area (Å²) in [6.45, 7) is 4.61. The van der Waals surface area contributed by atoms with E-state index < -0.39 is 0 Å². The summed E-state index contributed by atoms with van der Waals surface area (Å²) < 4.78 is 1.93. The zero-order valence-corrected chi connectivity index (χ0v) is 14.2. The Hall–Kier alpha value is -2.66. The Labute approximate surface area is 145 Å². The van der Waals surface area contributed by atoms with Crippen molar-refractivity contribution in [1.29, 1.82) is 0 Å². The van der Waals surface area contributed by atoms with Gasteiger partial charge in [-0.2, -0.15) is 5.10 Å². The molecule has 3 aromatic rings. The fraction of sp³-hybridized carbons (Fsp3) is 0.167. The Morgan fingerprint density at radius 2 is 2.04 bits per heavy atom. The van der Waals surface area contributed by atoms with Gasteiger partial charge in [0.25, 0.3) is 5.91 Å². The molecule has 1 aromatic carbocycles. The van der Waals surface area contributed by atoms with E-state index in [1.165, 1.54) is 6.20 Å². The van der Waals surface area contributed by atoms with Crippen molar-refractivity contribution in [2.45, 2.75) is 20.4 Å². The predicted octanol–water partition coefficient (Wildman–Crippen LogP) is 3.85. The van der Waals surface area contributed by atoms with E-state index in [-0.39, 0.29) is 5.91 Å². The van der Waals surface area contributed by atoms with Gasteiger partial charge in [0.05, 0.1) is 24.1 Å². The largest absolute Gasteiger partial charge is 0.321 e. The van der Waals surface area contributed by atoms with E-state index in [0.717, 1.165) is 17.0 Å². The van der Waals surface area contributed by atoms with Crippen LogP contribution in [0.5, 0.6) is 0 Å². The molecule has 2 heterocycles. The van der Waals surface area contributed by atoms with Gasteiger partial charge in [-0.1, -0.05) is 23.7 Å². The predicted molar refractivity (Wildman–Crippen MR) is 94.4 cm³/mol. The van der Waals surface area contributed by atoms with Crippen LogP contribution in [0, 0.1) is 13.8 Å². The number of rotatable bonds is 4. The van der Waals surface area contributed by atoms with Crippen molar-refractivity contribution < 1.29 is 4.79 Å². The molecule has 0 saturated carbocycles. The van der Waals surface area contributed by atoms with Gasteiger partial charge in [0.2, 0.25) is 0 Å². The van der Waals surface area contributed by atoms with Crippen molar-refractivity contribution in [1.82, 2.24) is 14.8 Å². The van der Waals surface area contributed by atoms with Crippen LogP contribution in [-0.2, 0) is 6.54 Å². The number of nitrogens with one attached hydrogen (secondary N) is 1. The molecule has 0 aliphatic heterocycles. The number of amides is 1. The number of carbonyl (C=O) groups is 1. The molecule has 0 atom stereocenters. The number of hydrogen-bond donors (Lipinski definition) is 1. The van der Waals surface area contributed by atoms with Crippen molar-refractivity contribution >= 4 is 23.2 Å². The second kappa shape index (κ2) is 6.84. The molecule has 0 aliphatic carbocycles. The summed E-state index contributed by atoms with van der Waals surface area (Å²) in [4.78, 5) is 16.3. The minimum Gasteiger partial charge on any atom is -0.321 e. The van der Waals surface area contributed by atoms with Crippen molar-refractivity contribution in [2.75, 3.05) is 5.32 Å². The molecular formula is C18H17ClN4O. The van der Waals surface area contributed by atoms with Crippen molar-refractivity contribution in [3.63, 3.8) is 0 Å². The molecule has 0 unspecified atom stereocenters. The van der Waals surface area contributed by atoms with E-state index >= 15 is 0 Å². The summed E-state index contributed by atoms with van der Waals surface area (Å²) in [7, 11) is 0. The minimum absolute atomic E-state index is 0.186. The number of nitrogens with zero attached hydrogens (tertiary/aromatic N) is 3. The van der Waals surface area contributed by atoms with Crippen LogP contribution in [0.4, 0.5) is 5.69 Å². The number of hydrogen-bond acceptors (Lipinski definition) is 3. The molecule has 24 heavy (non-hydrogen) atoms. The molecule has 2 aromatic heterocycles. The number of benzene rings is 1. The van der Waals surface area contributed by atoms with Crippen molar-refractivity contribution in [3.8, 4) is 0 Å². The molecular weight excluding hydrogens is 324 g/mol. The molecule has 5 nitrogen and oxygen atoms in total. The summed E-state index contributed by atoms with van der Waals surface area (Å²) in [5.41, 5.74) is 4.28. The highest BCUT2D eigenvalue weighted by atomic mass is 35.5. The fourth-order valence-electron chi connectivity index (χ4n) is 2.47. The molecule has 122 valence electrons. The van der Waals surface area contributed by atoms with Crippen LogP contribution < -0.4 is 5.32 Å². The second-order valence-electron chi connectivity index (χ2n) is 5.61. The highest BCUT2D eigenvalue weighted by Crippen LogP contribution is 2.13. The number of aromatic nitrogens is 3. The topological polar surface area (TPSA) is 59.8 Å². The standard InChI is InChI=1S/C18H17ClN4O/c1-12-8-13(2)23(22-12)11-14-4-3-5-15(9-14)18(24)21-16-6-7-17(19)20-10-16/h3-10H,11H2,1-2H3,(H,21,24). The smallest absolute Gasteiger partial charge is 0.255 e. The second-order valence-corrected chi connectivity index (χ2v) is 6.00. The van der Waals surface area contributed by atoms with Gasteiger partial charge in [0, 0.05) is 11.3 Å². The maximum Gasteiger partial charge on any atom is 0.255 e. The average Bonchev–Trinajstić information content (AvgIpc) is 2.87. The van der Waals surface area contributed by atoms with Gasteiger partial charge >= 0.3 is 0 Å². The molecule has 0 radical (unpaired) electrons. The molecule has 3 rings (SSSR count). The fourth-order valence-corrected chi connectivity index (χ4v) is 2.58. The third-order valence-electron chi connectivity index (χ3n) is 3.61. The lowest BCUT2D eigenvalue weighted by Crippen LogP contribution is -2.13. The highest BCUT2D eigenvalue weighted by molar-refractivity contribution is 6.29. The van der Waals surface area contributed by atoms with Gasteiger partial charge < -0.3 is 5.32 Å². The van der Waals surface area contributed by atoms with Gasteiger partial charge in [0.15, 0.2) is 0 Å². The van der Waals surface area contributed by atoms with Crippen LogP contribution in [0.2, 0.25) is 5.15 Å². The monoisotopic (exact) mass is 340 g/mol. The summed E-state index contributed by atoms with van der Waals surface area (Å²) in [5, 5.41) is 7.65. The van der Waals surface area contributed by atoms with E-state index in [2.05, 4.69) is 15.4 Å². The molecule has 1 amide bonds. The van der Waals surface area contributed by atoms with E-state index in [1.54, 1.807) is 18.2 Å². The number of aryl methyl sites for hydroxylation is 2. The Bertz CT molecular complexity index is 871. The van der Waals surface area contributed by atoms with Crippen molar-refractivity contribution in [2.24, 2.45) is 0 Å². The molecule has 0 bridgehead atoms. The Morgan fingerprint density at radius 1 is 1.21 bits per heavy atom. The number of halogens is 1. The molecule has 0 fully saturated rings. The SMILES string of the molecule is Cc1cc(C)n(Cc2cccc(C(=O)Nc3ccc(Cl)nc3)c2)n1. The molecule has 1 N–H and O–H groups in total. The van der Waals surface area contributed by atoms with E-state index in [1.807, 2.05) is 42.8 Å². The quantitative estimate of drug-likeness (QED) is 0.734. The maximum atomic E-state index is 12.4. The molecule has 0 spiro atoms. The summed E-state index contributed by atoms with van der Waals surface area (Å²) in [6.07, 6.45) is 1.53. The molecule has 0 saturated heterocycles. The number of carbonyl (C=O) groups excluding carboxylic acids is 1. The van der Waals surface area contributed by atoms with Crippen LogP contribution in [0.1, 0.15) is 27.3 Å². The van der Waals surface area contributed by atoms with E-state index in [0.29, 0.717) is 22.9 Å². The average molecular weight is 341 g/mol. The lowest BCUT2D eigenvalue weighted by atomic mass is 10.1. The Morgan fingerprint density at radius 3 is 2.71 bits per heavy atom. The number of pyridine rings is 1. The first-order valence-electron chi connectivity index (χ1n) is 7.54. The first kappa shape index (κ1) is 16.2. The van der Waals surface area contributed by atoms with E-state index in [4.69, 9.17) is 11.6 Å². The zero-order valence-electron chi connectivity index (χ0n) is 13.5. The van der Waals surface area contributed by atoms with Crippen LogP contribution in [0.25, 0.3) is 0 Å². The zero-order chi connectivity index (χ0) is 17.1. The molecule has 0 aliphatic rings. The van der Waals surface area contributed by atoms with Gasteiger partial charge in [-0.3, -0.25) is 9.48 Å². The van der Waals surface area contributed by atoms with E-state index in [9.17, 15) is 4.79 Å². The van der Waals surface area contributed by atoms with Crippen molar-refractivity contribution in [3.05, 3.63) is 76.3 Å². The summed E-state index contributed by atoms with van der Waals surface area (Å²) >= 11 is 5.75. The van der Waals surface area contributed by atoms with Crippen LogP contribution in [0.15, 0.2) is 48.7 Å². The molecule has 6 heteroatoms.